The van der Waals surface area contributed by atoms with Gasteiger partial charge in [-0.3, -0.25) is 14.9 Å². The lowest BCUT2D eigenvalue weighted by atomic mass is 10.1. The zero-order valence-corrected chi connectivity index (χ0v) is 10.8. The second-order valence-corrected chi connectivity index (χ2v) is 4.25. The number of halogens is 1. The van der Waals surface area contributed by atoms with E-state index in [9.17, 15) is 14.9 Å². The number of hydrogen-bond acceptors (Lipinski definition) is 5. The van der Waals surface area contributed by atoms with Crippen molar-refractivity contribution in [1.82, 2.24) is 4.98 Å². The molecular formula is C12H9ClN4O3. The predicted molar refractivity (Wildman–Crippen MR) is 74.7 cm³/mol. The van der Waals surface area contributed by atoms with Crippen molar-refractivity contribution in [1.29, 1.82) is 0 Å². The number of nitrogens with two attached hydrogens (primary N) is 1. The summed E-state index contributed by atoms with van der Waals surface area (Å²) in [4.78, 5) is 26.0. The minimum absolute atomic E-state index is 0.0101. The molecule has 0 saturated heterocycles. The Kier molecular flexibility index (Phi) is 3.81. The fourth-order valence-corrected chi connectivity index (χ4v) is 1.66. The molecule has 1 aromatic heterocycles. The van der Waals surface area contributed by atoms with Gasteiger partial charge in [-0.1, -0.05) is 17.7 Å². The average Bonchev–Trinajstić information content (AvgIpc) is 2.41. The Morgan fingerprint density at radius 2 is 2.10 bits per heavy atom. The number of benzene rings is 1. The van der Waals surface area contributed by atoms with Crippen molar-refractivity contribution in [3.8, 4) is 0 Å². The van der Waals surface area contributed by atoms with Crippen LogP contribution < -0.4 is 11.1 Å². The molecule has 2 rings (SSSR count). The van der Waals surface area contributed by atoms with Gasteiger partial charge in [-0.05, 0) is 18.2 Å². The molecule has 3 N–H and O–H groups in total. The second kappa shape index (κ2) is 5.54. The number of nitrogens with zero attached hydrogens (tertiary/aromatic N) is 2. The molecule has 0 aliphatic rings. The number of anilines is 2. The standard InChI is InChI=1S/C12H9ClN4O3/c13-7-4-5-10(15-6-7)16-12(18)8-2-1-3-9(11(8)14)17(19)20/h1-6H,14H2,(H,15,16,18). The van der Waals surface area contributed by atoms with Crippen LogP contribution >= 0.6 is 11.6 Å². The van der Waals surface area contributed by atoms with E-state index < -0.39 is 10.8 Å². The molecule has 0 aliphatic carbocycles. The van der Waals surface area contributed by atoms with E-state index in [0.717, 1.165) is 0 Å². The van der Waals surface area contributed by atoms with E-state index in [1.807, 2.05) is 0 Å². The third-order valence-electron chi connectivity index (χ3n) is 2.49. The van der Waals surface area contributed by atoms with Crippen LogP contribution in [0.15, 0.2) is 36.5 Å². The van der Waals surface area contributed by atoms with Crippen LogP contribution in [0.4, 0.5) is 17.2 Å². The maximum Gasteiger partial charge on any atom is 0.292 e. The van der Waals surface area contributed by atoms with Gasteiger partial charge in [-0.2, -0.15) is 0 Å². The molecular weight excluding hydrogens is 284 g/mol. The van der Waals surface area contributed by atoms with Crippen LogP contribution in [0.3, 0.4) is 0 Å². The Morgan fingerprint density at radius 3 is 2.70 bits per heavy atom. The van der Waals surface area contributed by atoms with Crippen LogP contribution in [-0.4, -0.2) is 15.8 Å². The lowest BCUT2D eigenvalue weighted by Gasteiger charge is -2.07. The first-order chi connectivity index (χ1) is 9.49. The molecule has 0 radical (unpaired) electrons. The van der Waals surface area contributed by atoms with Crippen molar-refractivity contribution in [3.63, 3.8) is 0 Å². The van der Waals surface area contributed by atoms with Crippen LogP contribution in [0.5, 0.6) is 0 Å². The Morgan fingerprint density at radius 1 is 1.35 bits per heavy atom. The molecule has 0 spiro atoms. The first-order valence-electron chi connectivity index (χ1n) is 5.45. The van der Waals surface area contributed by atoms with Crippen molar-refractivity contribution in [3.05, 3.63) is 57.2 Å². The molecule has 20 heavy (non-hydrogen) atoms. The van der Waals surface area contributed by atoms with Crippen LogP contribution in [-0.2, 0) is 0 Å². The molecule has 0 atom stereocenters. The number of rotatable bonds is 3. The summed E-state index contributed by atoms with van der Waals surface area (Å²) in [5.74, 6) is -0.314. The zero-order valence-electron chi connectivity index (χ0n) is 10.0. The van der Waals surface area contributed by atoms with Crippen molar-refractivity contribution in [2.75, 3.05) is 11.1 Å². The SMILES string of the molecule is Nc1c(C(=O)Nc2ccc(Cl)cn2)cccc1[N+](=O)[O-]. The fourth-order valence-electron chi connectivity index (χ4n) is 1.54. The maximum atomic E-state index is 12.0. The Hall–Kier alpha value is -2.67. The summed E-state index contributed by atoms with van der Waals surface area (Å²) in [5.41, 5.74) is 5.12. The smallest absolute Gasteiger partial charge is 0.292 e. The number of nitro benzene ring substituents is 1. The van der Waals surface area contributed by atoms with Gasteiger partial charge < -0.3 is 11.1 Å². The first kappa shape index (κ1) is 13.8. The average molecular weight is 293 g/mol. The van der Waals surface area contributed by atoms with E-state index in [1.165, 1.54) is 30.5 Å². The van der Waals surface area contributed by atoms with Crippen LogP contribution in [0.25, 0.3) is 0 Å². The Bertz CT molecular complexity index is 673. The monoisotopic (exact) mass is 292 g/mol. The number of carbonyl (C=O) groups excluding carboxylic acids is 1. The van der Waals surface area contributed by atoms with Crippen LogP contribution in [0.1, 0.15) is 10.4 Å². The van der Waals surface area contributed by atoms with Gasteiger partial charge >= 0.3 is 0 Å². The molecule has 1 aromatic carbocycles. The fraction of sp³-hybridized carbons (Fsp3) is 0. The lowest BCUT2D eigenvalue weighted by Crippen LogP contribution is -2.15. The summed E-state index contributed by atoms with van der Waals surface area (Å²) in [5, 5.41) is 13.7. The summed E-state index contributed by atoms with van der Waals surface area (Å²) < 4.78 is 0. The van der Waals surface area contributed by atoms with E-state index in [0.29, 0.717) is 5.02 Å². The molecule has 0 unspecified atom stereocenters. The molecule has 2 aromatic rings. The van der Waals surface area contributed by atoms with Gasteiger partial charge in [0.1, 0.15) is 11.5 Å². The number of nitrogens with one attached hydrogen (secondary N) is 1. The third-order valence-corrected chi connectivity index (χ3v) is 2.72. The summed E-state index contributed by atoms with van der Waals surface area (Å²) in [6.07, 6.45) is 1.37. The highest BCUT2D eigenvalue weighted by atomic mass is 35.5. The molecule has 0 aliphatic heterocycles. The quantitative estimate of drug-likeness (QED) is 0.513. The minimum Gasteiger partial charge on any atom is -0.393 e. The highest BCUT2D eigenvalue weighted by Gasteiger charge is 2.19. The Labute approximate surface area is 118 Å². The molecule has 0 saturated carbocycles. The lowest BCUT2D eigenvalue weighted by molar-refractivity contribution is -0.383. The number of carbonyl (C=O) groups is 1. The number of para-hydroxylation sites is 1. The Balaban J connectivity index is 2.28. The van der Waals surface area contributed by atoms with Gasteiger partial charge in [0.05, 0.1) is 15.5 Å². The van der Waals surface area contributed by atoms with Crippen molar-refractivity contribution < 1.29 is 9.72 Å². The number of aromatic nitrogens is 1. The van der Waals surface area contributed by atoms with Gasteiger partial charge in [-0.25, -0.2) is 4.98 Å². The maximum absolute atomic E-state index is 12.0. The zero-order chi connectivity index (χ0) is 14.7. The van der Waals surface area contributed by atoms with E-state index in [-0.39, 0.29) is 22.8 Å². The minimum atomic E-state index is -0.646. The van der Waals surface area contributed by atoms with Gasteiger partial charge in [0.15, 0.2) is 0 Å². The molecule has 0 fully saturated rings. The van der Waals surface area contributed by atoms with E-state index >= 15 is 0 Å². The number of hydrogen-bond donors (Lipinski definition) is 2. The van der Waals surface area contributed by atoms with Gasteiger partial charge in [0, 0.05) is 12.3 Å². The van der Waals surface area contributed by atoms with Crippen molar-refractivity contribution in [2.45, 2.75) is 0 Å². The number of nitrogen functional groups attached to an aromatic ring is 1. The topological polar surface area (TPSA) is 111 Å². The normalized spacial score (nSPS) is 10.1. The van der Waals surface area contributed by atoms with Crippen LogP contribution in [0, 0.1) is 10.1 Å². The number of pyridine rings is 1. The van der Waals surface area contributed by atoms with E-state index in [2.05, 4.69) is 10.3 Å². The number of amides is 1. The van der Waals surface area contributed by atoms with Gasteiger partial charge in [-0.15, -0.1) is 0 Å². The van der Waals surface area contributed by atoms with Gasteiger partial charge in [0.25, 0.3) is 11.6 Å². The molecule has 1 amide bonds. The predicted octanol–water partition coefficient (Wildman–Crippen LogP) is 2.48. The third kappa shape index (κ3) is 2.83. The van der Waals surface area contributed by atoms with Crippen molar-refractivity contribution in [2.24, 2.45) is 0 Å². The van der Waals surface area contributed by atoms with Crippen molar-refractivity contribution >= 4 is 34.7 Å². The summed E-state index contributed by atoms with van der Waals surface area (Å²) in [6, 6.07) is 7.08. The number of nitro groups is 1. The largest absolute Gasteiger partial charge is 0.393 e. The second-order valence-electron chi connectivity index (χ2n) is 3.81. The molecule has 0 bridgehead atoms. The summed E-state index contributed by atoms with van der Waals surface area (Å²) in [6.45, 7) is 0. The van der Waals surface area contributed by atoms with E-state index in [4.69, 9.17) is 17.3 Å². The molecule has 1 heterocycles. The summed E-state index contributed by atoms with van der Waals surface area (Å²) >= 11 is 5.68. The highest BCUT2D eigenvalue weighted by molar-refractivity contribution is 6.30. The van der Waals surface area contributed by atoms with Crippen LogP contribution in [0.2, 0.25) is 5.02 Å². The molecule has 102 valence electrons. The highest BCUT2D eigenvalue weighted by Crippen LogP contribution is 2.25. The molecule has 8 heteroatoms. The van der Waals surface area contributed by atoms with Gasteiger partial charge in [0.2, 0.25) is 0 Å². The van der Waals surface area contributed by atoms with E-state index in [1.54, 1.807) is 6.07 Å². The summed E-state index contributed by atoms with van der Waals surface area (Å²) in [7, 11) is 0. The molecule has 7 nitrogen and oxygen atoms in total. The first-order valence-corrected chi connectivity index (χ1v) is 5.82.